The largest absolute Gasteiger partial charge is 0.352 e. The van der Waals surface area contributed by atoms with Crippen LogP contribution in [-0.2, 0) is 4.79 Å². The zero-order chi connectivity index (χ0) is 11.5. The van der Waals surface area contributed by atoms with Gasteiger partial charge in [-0.3, -0.25) is 4.79 Å². The normalized spacial score (nSPS) is 35.5. The predicted molar refractivity (Wildman–Crippen MR) is 73.3 cm³/mol. The molecule has 1 aliphatic heterocycles. The standard InChI is InChI=1S/C12H21IN2O/c1-2-9-4-3-5-10(8-9)14-12(16)11-6-7-15(11)13/h9-11H,2-8H2,1H3,(H,14,16)/t9-,10+,11-/m0/s1. The van der Waals surface area contributed by atoms with E-state index < -0.39 is 0 Å². The molecule has 92 valence electrons. The van der Waals surface area contributed by atoms with E-state index in [-0.39, 0.29) is 11.9 Å². The molecule has 0 aromatic rings. The molecule has 3 atom stereocenters. The Kier molecular flexibility index (Phi) is 4.47. The second-order valence-corrected chi connectivity index (χ2v) is 6.31. The molecule has 2 aliphatic rings. The average Bonchev–Trinajstić information content (AvgIpc) is 2.27. The van der Waals surface area contributed by atoms with Gasteiger partial charge in [0.05, 0.1) is 6.04 Å². The van der Waals surface area contributed by atoms with Gasteiger partial charge in [-0.1, -0.05) is 26.2 Å². The summed E-state index contributed by atoms with van der Waals surface area (Å²) in [6.45, 7) is 3.31. The summed E-state index contributed by atoms with van der Waals surface area (Å²) in [5.74, 6) is 1.08. The maximum atomic E-state index is 11.9. The second-order valence-electron chi connectivity index (χ2n) is 5.07. The highest BCUT2D eigenvalue weighted by atomic mass is 127. The summed E-state index contributed by atoms with van der Waals surface area (Å²) < 4.78 is 2.10. The van der Waals surface area contributed by atoms with Crippen molar-refractivity contribution < 1.29 is 4.79 Å². The number of rotatable bonds is 3. The molecule has 0 radical (unpaired) electrons. The Morgan fingerprint density at radius 3 is 2.81 bits per heavy atom. The Morgan fingerprint density at radius 2 is 2.25 bits per heavy atom. The molecular formula is C12H21IN2O. The highest BCUT2D eigenvalue weighted by molar-refractivity contribution is 14.1. The number of amides is 1. The molecule has 0 aromatic heterocycles. The number of nitrogens with zero attached hydrogens (tertiary/aromatic N) is 1. The minimum absolute atomic E-state index is 0.141. The Bertz CT molecular complexity index is 259. The minimum atomic E-state index is 0.141. The molecule has 0 spiro atoms. The van der Waals surface area contributed by atoms with Crippen molar-refractivity contribution in [3.63, 3.8) is 0 Å². The van der Waals surface area contributed by atoms with Crippen LogP contribution in [0.25, 0.3) is 0 Å². The van der Waals surface area contributed by atoms with Crippen LogP contribution in [0.15, 0.2) is 0 Å². The summed E-state index contributed by atoms with van der Waals surface area (Å²) in [6.07, 6.45) is 7.28. The van der Waals surface area contributed by atoms with Crippen molar-refractivity contribution >= 4 is 28.8 Å². The van der Waals surface area contributed by atoms with Gasteiger partial charge in [0, 0.05) is 35.5 Å². The third-order valence-electron chi connectivity index (χ3n) is 3.96. The van der Waals surface area contributed by atoms with E-state index in [0.29, 0.717) is 6.04 Å². The Morgan fingerprint density at radius 1 is 1.44 bits per heavy atom. The van der Waals surface area contributed by atoms with Crippen LogP contribution >= 0.6 is 22.9 Å². The van der Waals surface area contributed by atoms with Crippen LogP contribution < -0.4 is 5.32 Å². The third kappa shape index (κ3) is 2.88. The minimum Gasteiger partial charge on any atom is -0.352 e. The van der Waals surface area contributed by atoms with E-state index in [2.05, 4.69) is 38.2 Å². The van der Waals surface area contributed by atoms with E-state index in [1.54, 1.807) is 0 Å². The third-order valence-corrected chi connectivity index (χ3v) is 5.12. The quantitative estimate of drug-likeness (QED) is 0.634. The van der Waals surface area contributed by atoms with Gasteiger partial charge in [0.1, 0.15) is 0 Å². The Labute approximate surface area is 112 Å². The van der Waals surface area contributed by atoms with E-state index in [4.69, 9.17) is 0 Å². The predicted octanol–water partition coefficient (Wildman–Crippen LogP) is 2.50. The van der Waals surface area contributed by atoms with Gasteiger partial charge < -0.3 is 5.32 Å². The van der Waals surface area contributed by atoms with Crippen molar-refractivity contribution in [1.82, 2.24) is 8.43 Å². The zero-order valence-corrected chi connectivity index (χ0v) is 12.1. The molecule has 1 N–H and O–H groups in total. The maximum Gasteiger partial charge on any atom is 0.238 e. The van der Waals surface area contributed by atoms with Crippen molar-refractivity contribution in [3.05, 3.63) is 0 Å². The smallest absolute Gasteiger partial charge is 0.238 e. The molecule has 0 bridgehead atoms. The van der Waals surface area contributed by atoms with Crippen molar-refractivity contribution in [2.75, 3.05) is 6.54 Å². The summed E-state index contributed by atoms with van der Waals surface area (Å²) in [5.41, 5.74) is 0. The molecule has 3 nitrogen and oxygen atoms in total. The van der Waals surface area contributed by atoms with E-state index in [1.165, 1.54) is 32.1 Å². The van der Waals surface area contributed by atoms with Gasteiger partial charge in [-0.25, -0.2) is 3.11 Å². The van der Waals surface area contributed by atoms with Crippen molar-refractivity contribution in [2.45, 2.75) is 57.5 Å². The molecule has 1 saturated heterocycles. The molecule has 4 heteroatoms. The van der Waals surface area contributed by atoms with Crippen LogP contribution in [0, 0.1) is 5.92 Å². The molecule has 0 aromatic carbocycles. The lowest BCUT2D eigenvalue weighted by Crippen LogP contribution is -2.53. The maximum absolute atomic E-state index is 11.9. The first-order valence-corrected chi connectivity index (χ1v) is 7.40. The average molecular weight is 336 g/mol. The number of nitrogens with one attached hydrogen (secondary N) is 1. The molecule has 1 heterocycles. The summed E-state index contributed by atoms with van der Waals surface area (Å²) in [6, 6.07) is 0.583. The SMILES string of the molecule is CC[C@H]1CCC[C@@H](NC(=O)[C@@H]2CCN2I)C1. The van der Waals surface area contributed by atoms with Crippen LogP contribution in [0.2, 0.25) is 0 Å². The first-order valence-electron chi connectivity index (χ1n) is 6.43. The fourth-order valence-electron chi connectivity index (χ4n) is 2.70. The summed E-state index contributed by atoms with van der Waals surface area (Å²) in [5, 5.41) is 3.23. The van der Waals surface area contributed by atoms with Crippen LogP contribution in [0.1, 0.15) is 45.4 Å². The van der Waals surface area contributed by atoms with Crippen LogP contribution in [-0.4, -0.2) is 27.6 Å². The van der Waals surface area contributed by atoms with Crippen LogP contribution in [0.5, 0.6) is 0 Å². The molecule has 1 saturated carbocycles. The van der Waals surface area contributed by atoms with Gasteiger partial charge >= 0.3 is 0 Å². The van der Waals surface area contributed by atoms with E-state index in [1.807, 2.05) is 0 Å². The fraction of sp³-hybridized carbons (Fsp3) is 0.917. The second kappa shape index (κ2) is 5.67. The molecule has 1 aliphatic carbocycles. The molecule has 16 heavy (non-hydrogen) atoms. The lowest BCUT2D eigenvalue weighted by molar-refractivity contribution is -0.127. The van der Waals surface area contributed by atoms with Gasteiger partial charge in [0.2, 0.25) is 5.91 Å². The summed E-state index contributed by atoms with van der Waals surface area (Å²) in [4.78, 5) is 11.9. The van der Waals surface area contributed by atoms with E-state index in [9.17, 15) is 4.79 Å². The summed E-state index contributed by atoms with van der Waals surface area (Å²) >= 11 is 2.25. The first kappa shape index (κ1) is 12.6. The number of carbonyl (C=O) groups is 1. The fourth-order valence-corrected chi connectivity index (χ4v) is 3.51. The van der Waals surface area contributed by atoms with Gasteiger partial charge in [-0.05, 0) is 25.2 Å². The number of hydrogen-bond acceptors (Lipinski definition) is 2. The van der Waals surface area contributed by atoms with Crippen LogP contribution in [0.4, 0.5) is 0 Å². The van der Waals surface area contributed by atoms with Gasteiger partial charge in [-0.2, -0.15) is 0 Å². The number of halogens is 1. The molecule has 2 fully saturated rings. The molecule has 2 rings (SSSR count). The van der Waals surface area contributed by atoms with Gasteiger partial charge in [-0.15, -0.1) is 0 Å². The topological polar surface area (TPSA) is 32.3 Å². The van der Waals surface area contributed by atoms with Crippen molar-refractivity contribution in [2.24, 2.45) is 5.92 Å². The van der Waals surface area contributed by atoms with Crippen molar-refractivity contribution in [3.8, 4) is 0 Å². The monoisotopic (exact) mass is 336 g/mol. The Hall–Kier alpha value is 0.160. The van der Waals surface area contributed by atoms with Crippen LogP contribution in [0.3, 0.4) is 0 Å². The number of hydrogen-bond donors (Lipinski definition) is 1. The summed E-state index contributed by atoms with van der Waals surface area (Å²) in [7, 11) is 0. The van der Waals surface area contributed by atoms with E-state index in [0.717, 1.165) is 18.9 Å². The first-order chi connectivity index (χ1) is 7.70. The highest BCUT2D eigenvalue weighted by Gasteiger charge is 2.34. The Balaban J connectivity index is 1.78. The van der Waals surface area contributed by atoms with E-state index >= 15 is 0 Å². The van der Waals surface area contributed by atoms with Gasteiger partial charge in [0.25, 0.3) is 0 Å². The van der Waals surface area contributed by atoms with Gasteiger partial charge in [0.15, 0.2) is 0 Å². The lowest BCUT2D eigenvalue weighted by atomic mass is 9.84. The van der Waals surface area contributed by atoms with Crippen molar-refractivity contribution in [1.29, 1.82) is 0 Å². The molecule has 0 unspecified atom stereocenters. The number of carbonyl (C=O) groups excluding carboxylic acids is 1. The zero-order valence-electron chi connectivity index (χ0n) is 9.92. The highest BCUT2D eigenvalue weighted by Crippen LogP contribution is 2.27. The lowest BCUT2D eigenvalue weighted by Gasteiger charge is -2.36. The molecule has 1 amide bonds. The molecular weight excluding hydrogens is 315 g/mol.